The summed E-state index contributed by atoms with van der Waals surface area (Å²) in [5, 5.41) is -0.0210. The second-order valence-electron chi connectivity index (χ2n) is 4.42. The standard InChI is InChI=1S/C14H8ClF3N2/c15-10-5-12-13(6-11(10)18)20-14(19-12)3-7-1-8(16)4-9(17)2-7/h1-2,4-6H,3H2,(H,19,20). The first-order valence-corrected chi connectivity index (χ1v) is 6.17. The number of hydrogen-bond acceptors (Lipinski definition) is 1. The number of rotatable bonds is 2. The van der Waals surface area contributed by atoms with Gasteiger partial charge in [-0.1, -0.05) is 11.6 Å². The molecule has 0 saturated heterocycles. The van der Waals surface area contributed by atoms with Gasteiger partial charge in [-0.2, -0.15) is 0 Å². The van der Waals surface area contributed by atoms with Crippen molar-refractivity contribution in [2.45, 2.75) is 6.42 Å². The van der Waals surface area contributed by atoms with E-state index >= 15 is 0 Å². The van der Waals surface area contributed by atoms with Crippen LogP contribution >= 0.6 is 11.6 Å². The van der Waals surface area contributed by atoms with Gasteiger partial charge >= 0.3 is 0 Å². The summed E-state index contributed by atoms with van der Waals surface area (Å²) < 4.78 is 39.5. The van der Waals surface area contributed by atoms with Crippen LogP contribution in [-0.4, -0.2) is 9.97 Å². The molecule has 0 spiro atoms. The van der Waals surface area contributed by atoms with Gasteiger partial charge < -0.3 is 4.98 Å². The lowest BCUT2D eigenvalue weighted by Crippen LogP contribution is -1.93. The normalized spacial score (nSPS) is 11.2. The molecule has 20 heavy (non-hydrogen) atoms. The van der Waals surface area contributed by atoms with Crippen LogP contribution in [-0.2, 0) is 6.42 Å². The molecule has 2 aromatic carbocycles. The van der Waals surface area contributed by atoms with Crippen molar-refractivity contribution < 1.29 is 13.2 Å². The molecule has 3 aromatic rings. The van der Waals surface area contributed by atoms with Gasteiger partial charge in [-0.25, -0.2) is 18.2 Å². The summed E-state index contributed by atoms with van der Waals surface area (Å²) in [5.41, 5.74) is 1.43. The molecule has 0 unspecified atom stereocenters. The maximum absolute atomic E-state index is 13.3. The van der Waals surface area contributed by atoms with Crippen LogP contribution in [0.5, 0.6) is 0 Å². The molecular formula is C14H8ClF3N2. The fourth-order valence-electron chi connectivity index (χ4n) is 2.05. The van der Waals surface area contributed by atoms with Crippen molar-refractivity contribution in [1.82, 2.24) is 9.97 Å². The second-order valence-corrected chi connectivity index (χ2v) is 4.83. The van der Waals surface area contributed by atoms with E-state index in [0.717, 1.165) is 6.07 Å². The van der Waals surface area contributed by atoms with Crippen molar-refractivity contribution in [1.29, 1.82) is 0 Å². The van der Waals surface area contributed by atoms with Crippen LogP contribution in [0.3, 0.4) is 0 Å². The number of hydrogen-bond donors (Lipinski definition) is 1. The van der Waals surface area contributed by atoms with Crippen molar-refractivity contribution in [3.63, 3.8) is 0 Å². The Kier molecular flexibility index (Phi) is 3.14. The number of aromatic nitrogens is 2. The average Bonchev–Trinajstić information content (AvgIpc) is 2.69. The SMILES string of the molecule is Fc1cc(F)cc(Cc2nc3cc(Cl)c(F)cc3[nH]2)c1. The Hall–Kier alpha value is -2.01. The van der Waals surface area contributed by atoms with Gasteiger partial charge in [0.15, 0.2) is 0 Å². The summed E-state index contributed by atoms with van der Waals surface area (Å²) in [4.78, 5) is 7.11. The van der Waals surface area contributed by atoms with Crippen LogP contribution in [0.15, 0.2) is 30.3 Å². The highest BCUT2D eigenvalue weighted by Gasteiger charge is 2.09. The van der Waals surface area contributed by atoms with Crippen LogP contribution in [0.25, 0.3) is 11.0 Å². The Morgan fingerprint density at radius 3 is 2.40 bits per heavy atom. The molecule has 0 bridgehead atoms. The topological polar surface area (TPSA) is 28.7 Å². The first kappa shape index (κ1) is 13.0. The second kappa shape index (κ2) is 4.83. The summed E-state index contributed by atoms with van der Waals surface area (Å²) in [7, 11) is 0. The van der Waals surface area contributed by atoms with Gasteiger partial charge in [-0.15, -0.1) is 0 Å². The molecule has 0 aliphatic carbocycles. The summed E-state index contributed by atoms with van der Waals surface area (Å²) >= 11 is 5.67. The minimum Gasteiger partial charge on any atom is -0.342 e. The molecule has 3 rings (SSSR count). The molecule has 0 amide bonds. The zero-order valence-corrected chi connectivity index (χ0v) is 10.8. The Morgan fingerprint density at radius 2 is 1.70 bits per heavy atom. The zero-order valence-electron chi connectivity index (χ0n) is 10.1. The third-order valence-electron chi connectivity index (χ3n) is 2.87. The van der Waals surface area contributed by atoms with Crippen LogP contribution in [0.2, 0.25) is 5.02 Å². The minimum absolute atomic E-state index is 0.0210. The first-order valence-electron chi connectivity index (χ1n) is 5.80. The quantitative estimate of drug-likeness (QED) is 0.753. The molecule has 0 atom stereocenters. The van der Waals surface area contributed by atoms with E-state index in [1.165, 1.54) is 24.3 Å². The molecule has 1 heterocycles. The molecular weight excluding hydrogens is 289 g/mol. The Bertz CT molecular complexity index is 739. The zero-order chi connectivity index (χ0) is 14.3. The van der Waals surface area contributed by atoms with Gasteiger partial charge in [0.1, 0.15) is 23.3 Å². The maximum atomic E-state index is 13.3. The number of nitrogens with one attached hydrogen (secondary N) is 1. The highest BCUT2D eigenvalue weighted by atomic mass is 35.5. The first-order chi connectivity index (χ1) is 9.51. The fourth-order valence-corrected chi connectivity index (χ4v) is 2.21. The predicted molar refractivity (Wildman–Crippen MR) is 70.2 cm³/mol. The van der Waals surface area contributed by atoms with Gasteiger partial charge in [0, 0.05) is 18.6 Å². The lowest BCUT2D eigenvalue weighted by Gasteiger charge is -1.99. The lowest BCUT2D eigenvalue weighted by molar-refractivity contribution is 0.580. The number of nitrogens with zero attached hydrogens (tertiary/aromatic N) is 1. The average molecular weight is 297 g/mol. The van der Waals surface area contributed by atoms with Crippen LogP contribution < -0.4 is 0 Å². The Balaban J connectivity index is 1.98. The summed E-state index contributed by atoms with van der Waals surface area (Å²) in [5.74, 6) is -1.37. The third-order valence-corrected chi connectivity index (χ3v) is 3.16. The van der Waals surface area contributed by atoms with E-state index in [1.54, 1.807) is 0 Å². The number of benzene rings is 2. The van der Waals surface area contributed by atoms with Gasteiger partial charge in [0.25, 0.3) is 0 Å². The summed E-state index contributed by atoms with van der Waals surface area (Å²) in [6.07, 6.45) is 0.211. The number of imidazole rings is 1. The molecule has 0 fully saturated rings. The largest absolute Gasteiger partial charge is 0.342 e. The van der Waals surface area contributed by atoms with E-state index in [-0.39, 0.29) is 11.4 Å². The summed E-state index contributed by atoms with van der Waals surface area (Å²) in [6.45, 7) is 0. The lowest BCUT2D eigenvalue weighted by atomic mass is 10.1. The van der Waals surface area contributed by atoms with Gasteiger partial charge in [0.05, 0.1) is 16.1 Å². The molecule has 0 radical (unpaired) electrons. The minimum atomic E-state index is -0.648. The van der Waals surface area contributed by atoms with E-state index in [2.05, 4.69) is 9.97 Å². The molecule has 102 valence electrons. The molecule has 1 aromatic heterocycles. The monoisotopic (exact) mass is 296 g/mol. The fraction of sp³-hybridized carbons (Fsp3) is 0.0714. The number of halogens is 4. The van der Waals surface area contributed by atoms with Crippen molar-refractivity contribution >= 4 is 22.6 Å². The molecule has 1 N–H and O–H groups in total. The predicted octanol–water partition coefficient (Wildman–Crippen LogP) is 4.22. The van der Waals surface area contributed by atoms with E-state index < -0.39 is 17.5 Å². The van der Waals surface area contributed by atoms with Crippen molar-refractivity contribution in [3.8, 4) is 0 Å². The number of fused-ring (bicyclic) bond motifs is 1. The van der Waals surface area contributed by atoms with E-state index in [1.807, 2.05) is 0 Å². The molecule has 0 saturated carbocycles. The smallest absolute Gasteiger partial charge is 0.144 e. The van der Waals surface area contributed by atoms with Crippen molar-refractivity contribution in [3.05, 3.63) is 64.2 Å². The van der Waals surface area contributed by atoms with E-state index in [9.17, 15) is 13.2 Å². The Morgan fingerprint density at radius 1 is 1.00 bits per heavy atom. The van der Waals surface area contributed by atoms with Gasteiger partial charge in [0.2, 0.25) is 0 Å². The van der Waals surface area contributed by atoms with Crippen molar-refractivity contribution in [2.75, 3.05) is 0 Å². The van der Waals surface area contributed by atoms with Crippen LogP contribution in [0.4, 0.5) is 13.2 Å². The number of aromatic amines is 1. The van der Waals surface area contributed by atoms with Crippen LogP contribution in [0, 0.1) is 17.5 Å². The third kappa shape index (κ3) is 2.49. The van der Waals surface area contributed by atoms with Crippen molar-refractivity contribution in [2.24, 2.45) is 0 Å². The number of H-pyrrole nitrogens is 1. The Labute approximate surface area is 117 Å². The summed E-state index contributed by atoms with van der Waals surface area (Å²) in [6, 6.07) is 5.89. The highest BCUT2D eigenvalue weighted by molar-refractivity contribution is 6.31. The molecule has 0 aliphatic rings. The van der Waals surface area contributed by atoms with Gasteiger partial charge in [-0.05, 0) is 23.8 Å². The van der Waals surface area contributed by atoms with E-state index in [0.29, 0.717) is 22.4 Å². The molecule has 2 nitrogen and oxygen atoms in total. The van der Waals surface area contributed by atoms with Gasteiger partial charge in [-0.3, -0.25) is 0 Å². The molecule has 6 heteroatoms. The maximum Gasteiger partial charge on any atom is 0.144 e. The van der Waals surface area contributed by atoms with E-state index in [4.69, 9.17) is 11.6 Å². The van der Waals surface area contributed by atoms with Crippen LogP contribution in [0.1, 0.15) is 11.4 Å². The molecule has 0 aliphatic heterocycles. The highest BCUT2D eigenvalue weighted by Crippen LogP contribution is 2.22.